The molecule has 0 spiro atoms. The largest absolute Gasteiger partial charge is 0.490 e. The van der Waals surface area contributed by atoms with Gasteiger partial charge < -0.3 is 9.47 Å². The minimum Gasteiger partial charge on any atom is -0.490 e. The number of non-ortho nitro benzene ring substituents is 1. The highest BCUT2D eigenvalue weighted by Gasteiger charge is 2.11. The number of hydrazone groups is 1. The fourth-order valence-corrected chi connectivity index (χ4v) is 2.72. The van der Waals surface area contributed by atoms with Crippen LogP contribution in [-0.2, 0) is 6.61 Å². The van der Waals surface area contributed by atoms with Crippen molar-refractivity contribution in [1.29, 1.82) is 0 Å². The molecule has 0 fully saturated rings. The van der Waals surface area contributed by atoms with E-state index in [0.29, 0.717) is 23.7 Å². The number of nitrogens with one attached hydrogen (secondary N) is 1. The predicted molar refractivity (Wildman–Crippen MR) is 116 cm³/mol. The predicted octanol–water partition coefficient (Wildman–Crippen LogP) is 4.48. The van der Waals surface area contributed by atoms with E-state index in [0.717, 1.165) is 5.56 Å². The molecule has 0 aliphatic heterocycles. The summed E-state index contributed by atoms with van der Waals surface area (Å²) in [6.45, 7) is 2.49. The molecule has 0 unspecified atom stereocenters. The van der Waals surface area contributed by atoms with Gasteiger partial charge in [-0.25, -0.2) is 9.82 Å². The Balaban J connectivity index is 1.65. The van der Waals surface area contributed by atoms with Gasteiger partial charge in [0.1, 0.15) is 12.4 Å². The number of hydrogen-bond acceptors (Lipinski definition) is 6. The van der Waals surface area contributed by atoms with Gasteiger partial charge in [-0.2, -0.15) is 5.10 Å². The van der Waals surface area contributed by atoms with E-state index in [-0.39, 0.29) is 23.7 Å². The van der Waals surface area contributed by atoms with E-state index in [1.165, 1.54) is 42.6 Å². The molecule has 0 saturated heterocycles. The highest BCUT2D eigenvalue weighted by atomic mass is 19.1. The van der Waals surface area contributed by atoms with Crippen LogP contribution < -0.4 is 14.9 Å². The van der Waals surface area contributed by atoms with Crippen molar-refractivity contribution in [2.75, 3.05) is 6.61 Å². The number of rotatable bonds is 9. The molecule has 0 radical (unpaired) electrons. The van der Waals surface area contributed by atoms with Crippen molar-refractivity contribution >= 4 is 17.8 Å². The van der Waals surface area contributed by atoms with Crippen molar-refractivity contribution in [3.8, 4) is 11.5 Å². The fourth-order valence-electron chi connectivity index (χ4n) is 2.72. The number of carbonyl (C=O) groups is 1. The van der Waals surface area contributed by atoms with Crippen molar-refractivity contribution in [2.24, 2.45) is 5.10 Å². The number of amides is 1. The lowest BCUT2D eigenvalue weighted by atomic mass is 10.2. The van der Waals surface area contributed by atoms with E-state index in [4.69, 9.17) is 9.47 Å². The standard InChI is InChI=1S/C23H20FN3O5/c1-2-31-22-12-17(8-11-21(22)32-15-16-6-9-19(24)10-7-16)14-25-26-23(28)18-4-3-5-20(13-18)27(29)30/h3-14H,2,15H2,1H3,(H,26,28). The monoisotopic (exact) mass is 437 g/mol. The lowest BCUT2D eigenvalue weighted by Gasteiger charge is -2.12. The Bertz CT molecular complexity index is 1130. The number of hydrogen-bond donors (Lipinski definition) is 1. The van der Waals surface area contributed by atoms with Crippen molar-refractivity contribution in [1.82, 2.24) is 5.43 Å². The van der Waals surface area contributed by atoms with Gasteiger partial charge in [-0.05, 0) is 54.4 Å². The molecule has 1 N–H and O–H groups in total. The van der Waals surface area contributed by atoms with E-state index >= 15 is 0 Å². The normalized spacial score (nSPS) is 10.7. The van der Waals surface area contributed by atoms with Gasteiger partial charge in [-0.15, -0.1) is 0 Å². The van der Waals surface area contributed by atoms with Crippen LogP contribution in [0.25, 0.3) is 0 Å². The minimum absolute atomic E-state index is 0.121. The molecule has 1 amide bonds. The van der Waals surface area contributed by atoms with Crippen molar-refractivity contribution < 1.29 is 23.6 Å². The fraction of sp³-hybridized carbons (Fsp3) is 0.130. The Morgan fingerprint density at radius 2 is 1.88 bits per heavy atom. The molecule has 0 aromatic heterocycles. The third-order valence-corrected chi connectivity index (χ3v) is 4.27. The van der Waals surface area contributed by atoms with Gasteiger partial charge >= 0.3 is 0 Å². The van der Waals surface area contributed by atoms with Crippen molar-refractivity contribution in [3.63, 3.8) is 0 Å². The first-order chi connectivity index (χ1) is 15.5. The Hall–Kier alpha value is -4.27. The lowest BCUT2D eigenvalue weighted by molar-refractivity contribution is -0.384. The number of nitrogens with zero attached hydrogens (tertiary/aromatic N) is 2. The zero-order valence-electron chi connectivity index (χ0n) is 17.2. The lowest BCUT2D eigenvalue weighted by Crippen LogP contribution is -2.17. The maximum Gasteiger partial charge on any atom is 0.271 e. The van der Waals surface area contributed by atoms with Crippen LogP contribution >= 0.6 is 0 Å². The van der Waals surface area contributed by atoms with Crippen LogP contribution in [-0.4, -0.2) is 23.7 Å². The van der Waals surface area contributed by atoms with Gasteiger partial charge in [0, 0.05) is 17.7 Å². The van der Waals surface area contributed by atoms with Crippen LogP contribution in [0.4, 0.5) is 10.1 Å². The molecular weight excluding hydrogens is 417 g/mol. The van der Waals surface area contributed by atoms with E-state index in [2.05, 4.69) is 10.5 Å². The van der Waals surface area contributed by atoms with Gasteiger partial charge in [0.25, 0.3) is 11.6 Å². The third-order valence-electron chi connectivity index (χ3n) is 4.27. The van der Waals surface area contributed by atoms with Gasteiger partial charge in [0.15, 0.2) is 11.5 Å². The highest BCUT2D eigenvalue weighted by Crippen LogP contribution is 2.29. The molecule has 0 heterocycles. The number of nitro benzene ring substituents is 1. The van der Waals surface area contributed by atoms with Crippen LogP contribution in [0, 0.1) is 15.9 Å². The molecule has 164 valence electrons. The molecule has 0 atom stereocenters. The van der Waals surface area contributed by atoms with Crippen LogP contribution in [0.3, 0.4) is 0 Å². The molecule has 9 heteroatoms. The summed E-state index contributed by atoms with van der Waals surface area (Å²) in [4.78, 5) is 22.4. The SMILES string of the molecule is CCOc1cc(C=NNC(=O)c2cccc([N+](=O)[O-])c2)ccc1OCc1ccc(F)cc1. The molecule has 8 nitrogen and oxygen atoms in total. The summed E-state index contributed by atoms with van der Waals surface area (Å²) in [5.74, 6) is 0.108. The Morgan fingerprint density at radius 3 is 2.59 bits per heavy atom. The van der Waals surface area contributed by atoms with Crippen LogP contribution in [0.5, 0.6) is 11.5 Å². The Kier molecular flexibility index (Phi) is 7.47. The second-order valence-corrected chi connectivity index (χ2v) is 6.56. The summed E-state index contributed by atoms with van der Waals surface area (Å²) in [5.41, 5.74) is 3.73. The molecule has 3 aromatic rings. The number of carbonyl (C=O) groups excluding carboxylic acids is 1. The van der Waals surface area contributed by atoms with E-state index in [9.17, 15) is 19.3 Å². The third kappa shape index (κ3) is 6.11. The summed E-state index contributed by atoms with van der Waals surface area (Å²) < 4.78 is 24.4. The molecule has 3 rings (SSSR count). The average molecular weight is 437 g/mol. The average Bonchev–Trinajstić information content (AvgIpc) is 2.80. The number of halogens is 1. The molecule has 0 saturated carbocycles. The quantitative estimate of drug-likeness (QED) is 0.302. The van der Waals surface area contributed by atoms with Gasteiger partial charge in [0.2, 0.25) is 0 Å². The van der Waals surface area contributed by atoms with E-state index < -0.39 is 10.8 Å². The smallest absolute Gasteiger partial charge is 0.271 e. The van der Waals surface area contributed by atoms with Crippen LogP contribution in [0.15, 0.2) is 71.8 Å². The number of benzene rings is 3. The van der Waals surface area contributed by atoms with Crippen LogP contribution in [0.1, 0.15) is 28.4 Å². The maximum atomic E-state index is 13.0. The molecule has 0 aliphatic carbocycles. The van der Waals surface area contributed by atoms with Gasteiger partial charge in [-0.1, -0.05) is 18.2 Å². The zero-order chi connectivity index (χ0) is 22.9. The molecule has 0 bridgehead atoms. The molecule has 3 aromatic carbocycles. The second kappa shape index (κ2) is 10.7. The summed E-state index contributed by atoms with van der Waals surface area (Å²) >= 11 is 0. The van der Waals surface area contributed by atoms with E-state index in [1.807, 2.05) is 6.92 Å². The highest BCUT2D eigenvalue weighted by molar-refractivity contribution is 5.95. The molecule has 0 aliphatic rings. The van der Waals surface area contributed by atoms with Gasteiger partial charge in [0.05, 0.1) is 17.7 Å². The first-order valence-corrected chi connectivity index (χ1v) is 9.68. The summed E-state index contributed by atoms with van der Waals surface area (Å²) in [6, 6.07) is 16.5. The summed E-state index contributed by atoms with van der Waals surface area (Å²) in [7, 11) is 0. The van der Waals surface area contributed by atoms with Crippen molar-refractivity contribution in [2.45, 2.75) is 13.5 Å². The summed E-state index contributed by atoms with van der Waals surface area (Å²) in [6.07, 6.45) is 1.42. The van der Waals surface area contributed by atoms with Crippen molar-refractivity contribution in [3.05, 3.63) is 99.4 Å². The van der Waals surface area contributed by atoms with E-state index in [1.54, 1.807) is 30.3 Å². The molecular formula is C23H20FN3O5. The molecule has 32 heavy (non-hydrogen) atoms. The zero-order valence-corrected chi connectivity index (χ0v) is 17.2. The topological polar surface area (TPSA) is 103 Å². The second-order valence-electron chi connectivity index (χ2n) is 6.56. The minimum atomic E-state index is -0.575. The Morgan fingerprint density at radius 1 is 1.09 bits per heavy atom. The Labute approximate surface area is 183 Å². The number of nitro groups is 1. The number of ether oxygens (including phenoxy) is 2. The first kappa shape index (κ1) is 22.4. The van der Waals surface area contributed by atoms with Crippen LogP contribution in [0.2, 0.25) is 0 Å². The summed E-state index contributed by atoms with van der Waals surface area (Å²) in [5, 5.41) is 14.7. The van der Waals surface area contributed by atoms with Gasteiger partial charge in [-0.3, -0.25) is 14.9 Å². The first-order valence-electron chi connectivity index (χ1n) is 9.68. The maximum absolute atomic E-state index is 13.0.